The summed E-state index contributed by atoms with van der Waals surface area (Å²) in [5.41, 5.74) is 1.85. The molecule has 0 unspecified atom stereocenters. The van der Waals surface area contributed by atoms with Gasteiger partial charge in [-0.15, -0.1) is 0 Å². The Kier molecular flexibility index (Phi) is 7.21. The fourth-order valence-electron chi connectivity index (χ4n) is 4.17. The van der Waals surface area contributed by atoms with Crippen LogP contribution in [-0.2, 0) is 20.7 Å². The highest BCUT2D eigenvalue weighted by molar-refractivity contribution is 5.83. The smallest absolute Gasteiger partial charge is 0.226 e. The number of amides is 2. The van der Waals surface area contributed by atoms with Crippen LogP contribution < -0.4 is 5.32 Å². The highest BCUT2D eigenvalue weighted by atomic mass is 19.1. The molecule has 1 aliphatic heterocycles. The molecule has 0 aromatic heterocycles. The second kappa shape index (κ2) is 9.85. The summed E-state index contributed by atoms with van der Waals surface area (Å²) < 4.78 is 19.0. The van der Waals surface area contributed by atoms with Crippen molar-refractivity contribution in [1.82, 2.24) is 10.2 Å². The SMILES string of the molecule is CNC(=O)C1(Cc2ccc(-c3ccccc3F)cc2)CCN(C(=O)CCOC)CC1. The summed E-state index contributed by atoms with van der Waals surface area (Å²) >= 11 is 0. The van der Waals surface area contributed by atoms with Crippen molar-refractivity contribution in [3.63, 3.8) is 0 Å². The Hall–Kier alpha value is -2.73. The van der Waals surface area contributed by atoms with Crippen LogP contribution in [0, 0.1) is 11.2 Å². The van der Waals surface area contributed by atoms with Gasteiger partial charge in [-0.05, 0) is 36.5 Å². The van der Waals surface area contributed by atoms with Crippen LogP contribution in [0.2, 0.25) is 0 Å². The van der Waals surface area contributed by atoms with E-state index in [1.54, 1.807) is 26.3 Å². The molecule has 1 aliphatic rings. The van der Waals surface area contributed by atoms with E-state index >= 15 is 0 Å². The van der Waals surface area contributed by atoms with Crippen LogP contribution >= 0.6 is 0 Å². The van der Waals surface area contributed by atoms with E-state index in [-0.39, 0.29) is 17.6 Å². The Balaban J connectivity index is 1.72. The number of nitrogens with zero attached hydrogens (tertiary/aromatic N) is 1. The Morgan fingerprint density at radius 2 is 1.77 bits per heavy atom. The van der Waals surface area contributed by atoms with Gasteiger partial charge in [0, 0.05) is 32.8 Å². The quantitative estimate of drug-likeness (QED) is 0.758. The van der Waals surface area contributed by atoms with Crippen molar-refractivity contribution in [2.75, 3.05) is 33.9 Å². The zero-order chi connectivity index (χ0) is 21.6. The van der Waals surface area contributed by atoms with E-state index in [0.717, 1.165) is 11.1 Å². The minimum Gasteiger partial charge on any atom is -0.384 e. The molecule has 0 atom stereocenters. The van der Waals surface area contributed by atoms with Gasteiger partial charge < -0.3 is 15.0 Å². The van der Waals surface area contributed by atoms with E-state index in [4.69, 9.17) is 4.74 Å². The Bertz CT molecular complexity index is 874. The molecule has 160 valence electrons. The van der Waals surface area contributed by atoms with Crippen LogP contribution in [0.15, 0.2) is 48.5 Å². The summed E-state index contributed by atoms with van der Waals surface area (Å²) in [5.74, 6) is -0.182. The van der Waals surface area contributed by atoms with Crippen LogP contribution in [-0.4, -0.2) is 50.6 Å². The first kappa shape index (κ1) is 22.0. The molecule has 1 heterocycles. The standard InChI is InChI=1S/C24H29FN2O3/c1-26-23(29)24(12-14-27(15-13-24)22(28)11-16-30-2)17-18-7-9-19(10-8-18)20-5-3-4-6-21(20)25/h3-10H,11-17H2,1-2H3,(H,26,29). The lowest BCUT2D eigenvalue weighted by molar-refractivity contribution is -0.140. The van der Waals surface area contributed by atoms with Gasteiger partial charge in [-0.3, -0.25) is 9.59 Å². The van der Waals surface area contributed by atoms with Crippen LogP contribution in [0.3, 0.4) is 0 Å². The summed E-state index contributed by atoms with van der Waals surface area (Å²) in [6.07, 6.45) is 2.17. The minimum atomic E-state index is -0.549. The van der Waals surface area contributed by atoms with Crippen molar-refractivity contribution in [2.24, 2.45) is 5.41 Å². The van der Waals surface area contributed by atoms with Gasteiger partial charge >= 0.3 is 0 Å². The van der Waals surface area contributed by atoms with E-state index in [1.165, 1.54) is 6.07 Å². The molecule has 2 aromatic rings. The molecule has 1 fully saturated rings. The molecule has 1 saturated heterocycles. The third-order valence-electron chi connectivity index (χ3n) is 5.98. The summed E-state index contributed by atoms with van der Waals surface area (Å²) in [4.78, 5) is 26.9. The van der Waals surface area contributed by atoms with Crippen molar-refractivity contribution in [2.45, 2.75) is 25.7 Å². The first-order chi connectivity index (χ1) is 14.5. The predicted octanol–water partition coefficient (Wildman–Crippen LogP) is 3.43. The van der Waals surface area contributed by atoms with Gasteiger partial charge in [-0.1, -0.05) is 42.5 Å². The number of benzene rings is 2. The van der Waals surface area contributed by atoms with Crippen molar-refractivity contribution >= 4 is 11.8 Å². The zero-order valence-corrected chi connectivity index (χ0v) is 17.6. The molecule has 30 heavy (non-hydrogen) atoms. The first-order valence-corrected chi connectivity index (χ1v) is 10.3. The van der Waals surface area contributed by atoms with Crippen molar-refractivity contribution in [3.8, 4) is 11.1 Å². The van der Waals surface area contributed by atoms with Gasteiger partial charge in [0.15, 0.2) is 0 Å². The highest BCUT2D eigenvalue weighted by Crippen LogP contribution is 2.36. The predicted molar refractivity (Wildman–Crippen MR) is 114 cm³/mol. The largest absolute Gasteiger partial charge is 0.384 e. The van der Waals surface area contributed by atoms with E-state index in [1.807, 2.05) is 35.2 Å². The number of rotatable bonds is 7. The molecule has 0 aliphatic carbocycles. The molecular formula is C24H29FN2O3. The third-order valence-corrected chi connectivity index (χ3v) is 5.98. The van der Waals surface area contributed by atoms with Crippen LogP contribution in [0.1, 0.15) is 24.8 Å². The van der Waals surface area contributed by atoms with E-state index in [2.05, 4.69) is 5.32 Å². The highest BCUT2D eigenvalue weighted by Gasteiger charge is 2.41. The summed E-state index contributed by atoms with van der Waals surface area (Å²) in [6.45, 7) is 1.52. The monoisotopic (exact) mass is 412 g/mol. The molecular weight excluding hydrogens is 383 g/mol. The van der Waals surface area contributed by atoms with Gasteiger partial charge in [0.05, 0.1) is 18.4 Å². The second-order valence-electron chi connectivity index (χ2n) is 7.84. The molecule has 6 heteroatoms. The lowest BCUT2D eigenvalue weighted by Gasteiger charge is -2.40. The van der Waals surface area contributed by atoms with Crippen LogP contribution in [0.5, 0.6) is 0 Å². The summed E-state index contributed by atoms with van der Waals surface area (Å²) in [6, 6.07) is 14.4. The summed E-state index contributed by atoms with van der Waals surface area (Å²) in [7, 11) is 3.24. The molecule has 2 aromatic carbocycles. The molecule has 0 bridgehead atoms. The molecule has 0 saturated carbocycles. The lowest BCUT2D eigenvalue weighted by Crippen LogP contribution is -2.50. The molecule has 0 spiro atoms. The molecule has 3 rings (SSSR count). The molecule has 2 amide bonds. The van der Waals surface area contributed by atoms with Gasteiger partial charge in [-0.2, -0.15) is 0 Å². The van der Waals surface area contributed by atoms with E-state index in [0.29, 0.717) is 50.9 Å². The van der Waals surface area contributed by atoms with Gasteiger partial charge in [0.2, 0.25) is 11.8 Å². The number of hydrogen-bond acceptors (Lipinski definition) is 3. The van der Waals surface area contributed by atoms with Crippen molar-refractivity contribution < 1.29 is 18.7 Å². The van der Waals surface area contributed by atoms with Gasteiger partial charge in [0.25, 0.3) is 0 Å². The number of piperidine rings is 1. The second-order valence-corrected chi connectivity index (χ2v) is 7.84. The van der Waals surface area contributed by atoms with E-state index < -0.39 is 5.41 Å². The number of likely N-dealkylation sites (tertiary alicyclic amines) is 1. The van der Waals surface area contributed by atoms with Crippen molar-refractivity contribution in [1.29, 1.82) is 0 Å². The molecule has 0 radical (unpaired) electrons. The number of carbonyl (C=O) groups is 2. The van der Waals surface area contributed by atoms with Gasteiger partial charge in [-0.25, -0.2) is 4.39 Å². The number of methoxy groups -OCH3 is 1. The Labute approximate surface area is 177 Å². The molecule has 5 nitrogen and oxygen atoms in total. The zero-order valence-electron chi connectivity index (χ0n) is 17.6. The average molecular weight is 413 g/mol. The average Bonchev–Trinajstić information content (AvgIpc) is 2.78. The van der Waals surface area contributed by atoms with Crippen molar-refractivity contribution in [3.05, 3.63) is 59.9 Å². The minimum absolute atomic E-state index is 0.00432. The maximum absolute atomic E-state index is 14.0. The Morgan fingerprint density at radius 1 is 1.10 bits per heavy atom. The number of hydrogen-bond donors (Lipinski definition) is 1. The van der Waals surface area contributed by atoms with Crippen LogP contribution in [0.25, 0.3) is 11.1 Å². The fraction of sp³-hybridized carbons (Fsp3) is 0.417. The summed E-state index contributed by atoms with van der Waals surface area (Å²) in [5, 5.41) is 2.81. The first-order valence-electron chi connectivity index (χ1n) is 10.3. The normalized spacial score (nSPS) is 15.6. The third kappa shape index (κ3) is 4.87. The van der Waals surface area contributed by atoms with E-state index in [9.17, 15) is 14.0 Å². The van der Waals surface area contributed by atoms with Crippen LogP contribution in [0.4, 0.5) is 4.39 Å². The lowest BCUT2D eigenvalue weighted by atomic mass is 9.72. The fourth-order valence-corrected chi connectivity index (χ4v) is 4.17. The number of carbonyl (C=O) groups excluding carboxylic acids is 2. The maximum Gasteiger partial charge on any atom is 0.226 e. The van der Waals surface area contributed by atoms with Gasteiger partial charge in [0.1, 0.15) is 5.82 Å². The number of ether oxygens (including phenoxy) is 1. The number of nitrogens with one attached hydrogen (secondary N) is 1. The maximum atomic E-state index is 14.0. The Morgan fingerprint density at radius 3 is 2.37 bits per heavy atom. The number of halogens is 1. The molecule has 1 N–H and O–H groups in total. The topological polar surface area (TPSA) is 58.6 Å².